The minimum absolute atomic E-state index is 0.0652. The first-order chi connectivity index (χ1) is 8.06. The van der Waals surface area contributed by atoms with E-state index in [0.717, 1.165) is 6.33 Å². The number of carboxylic acids is 1. The van der Waals surface area contributed by atoms with Gasteiger partial charge in [-0.1, -0.05) is 12.7 Å². The summed E-state index contributed by atoms with van der Waals surface area (Å²) in [6.45, 7) is 3.25. The lowest BCUT2D eigenvalue weighted by atomic mass is 10.4. The molecule has 17 heavy (non-hydrogen) atoms. The summed E-state index contributed by atoms with van der Waals surface area (Å²) in [6.07, 6.45) is 1.16. The lowest BCUT2D eigenvalue weighted by molar-refractivity contribution is 0.0684. The molecule has 1 aromatic rings. The van der Waals surface area contributed by atoms with Gasteiger partial charge in [-0.25, -0.2) is 23.9 Å². The molecule has 0 unspecified atom stereocenters. The molecule has 1 heterocycles. The van der Waals surface area contributed by atoms with Crippen LogP contribution in [-0.2, 0) is 4.74 Å². The maximum atomic E-state index is 13.4. The topological polar surface area (TPSA) is 101 Å². The number of hydrogen-bond acceptors (Lipinski definition) is 5. The Morgan fingerprint density at radius 2 is 2.29 bits per heavy atom. The summed E-state index contributed by atoms with van der Waals surface area (Å²) < 4.78 is 17.9. The Labute approximate surface area is 95.0 Å². The van der Waals surface area contributed by atoms with E-state index in [1.54, 1.807) is 0 Å². The van der Waals surface area contributed by atoms with Crippen LogP contribution in [0.25, 0.3) is 0 Å². The molecule has 0 saturated carbocycles. The number of amides is 1. The third-order valence-electron chi connectivity index (χ3n) is 1.54. The van der Waals surface area contributed by atoms with Gasteiger partial charge in [0.05, 0.1) is 0 Å². The Morgan fingerprint density at radius 1 is 1.59 bits per heavy atom. The van der Waals surface area contributed by atoms with E-state index in [0.29, 0.717) is 0 Å². The molecular formula is C9H8FN3O4. The summed E-state index contributed by atoms with van der Waals surface area (Å²) in [4.78, 5) is 28.2. The lowest BCUT2D eigenvalue weighted by Crippen LogP contribution is -2.17. The van der Waals surface area contributed by atoms with Gasteiger partial charge in [0, 0.05) is 0 Å². The third kappa shape index (κ3) is 3.23. The van der Waals surface area contributed by atoms with Crippen molar-refractivity contribution < 1.29 is 23.8 Å². The summed E-state index contributed by atoms with van der Waals surface area (Å²) in [5, 5.41) is 10.5. The zero-order valence-electron chi connectivity index (χ0n) is 8.51. The van der Waals surface area contributed by atoms with Crippen molar-refractivity contribution in [3.63, 3.8) is 0 Å². The minimum Gasteiger partial charge on any atom is -0.476 e. The summed E-state index contributed by atoms with van der Waals surface area (Å²) in [7, 11) is 0. The fourth-order valence-electron chi connectivity index (χ4n) is 0.873. The molecule has 0 aliphatic rings. The molecule has 0 atom stereocenters. The Hall–Kier alpha value is -2.51. The van der Waals surface area contributed by atoms with Gasteiger partial charge in [-0.15, -0.1) is 0 Å². The second-order valence-corrected chi connectivity index (χ2v) is 2.70. The predicted octanol–water partition coefficient (Wildman–Crippen LogP) is 1.05. The lowest BCUT2D eigenvalue weighted by Gasteiger charge is -2.05. The molecule has 7 nitrogen and oxygen atoms in total. The second-order valence-electron chi connectivity index (χ2n) is 2.70. The number of carboxylic acid groups (broad SMARTS) is 1. The third-order valence-corrected chi connectivity index (χ3v) is 1.54. The van der Waals surface area contributed by atoms with Crippen LogP contribution in [0.2, 0.25) is 0 Å². The van der Waals surface area contributed by atoms with Gasteiger partial charge in [0.2, 0.25) is 0 Å². The van der Waals surface area contributed by atoms with Gasteiger partial charge >= 0.3 is 12.1 Å². The Kier molecular flexibility index (Phi) is 4.09. The van der Waals surface area contributed by atoms with E-state index in [1.165, 1.54) is 6.08 Å². The van der Waals surface area contributed by atoms with E-state index in [4.69, 9.17) is 5.11 Å². The number of anilines is 1. The summed E-state index contributed by atoms with van der Waals surface area (Å²) >= 11 is 0. The first-order valence-electron chi connectivity index (χ1n) is 4.34. The number of aromatic nitrogens is 2. The van der Waals surface area contributed by atoms with Crippen molar-refractivity contribution in [1.82, 2.24) is 9.97 Å². The van der Waals surface area contributed by atoms with E-state index >= 15 is 0 Å². The van der Waals surface area contributed by atoms with Gasteiger partial charge in [0.1, 0.15) is 12.9 Å². The van der Waals surface area contributed by atoms with E-state index in [-0.39, 0.29) is 6.61 Å². The molecule has 0 radical (unpaired) electrons. The van der Waals surface area contributed by atoms with Crippen LogP contribution < -0.4 is 5.32 Å². The van der Waals surface area contributed by atoms with E-state index in [2.05, 4.69) is 21.3 Å². The minimum atomic E-state index is -1.56. The van der Waals surface area contributed by atoms with Gasteiger partial charge in [-0.3, -0.25) is 5.32 Å². The highest BCUT2D eigenvalue weighted by Gasteiger charge is 2.18. The molecule has 8 heteroatoms. The molecular weight excluding hydrogens is 233 g/mol. The highest BCUT2D eigenvalue weighted by atomic mass is 19.1. The van der Waals surface area contributed by atoms with Crippen molar-refractivity contribution in [2.24, 2.45) is 0 Å². The van der Waals surface area contributed by atoms with Crippen molar-refractivity contribution in [3.05, 3.63) is 30.5 Å². The smallest absolute Gasteiger partial charge is 0.413 e. The zero-order valence-corrected chi connectivity index (χ0v) is 8.51. The molecule has 0 aliphatic heterocycles. The van der Waals surface area contributed by atoms with E-state index in [1.807, 2.05) is 5.32 Å². The molecule has 0 bridgehead atoms. The number of carbonyl (C=O) groups is 2. The molecule has 1 aromatic heterocycles. The maximum absolute atomic E-state index is 13.4. The van der Waals surface area contributed by atoms with Crippen molar-refractivity contribution in [3.8, 4) is 0 Å². The van der Waals surface area contributed by atoms with Crippen LogP contribution in [0.1, 0.15) is 10.5 Å². The zero-order chi connectivity index (χ0) is 12.8. The van der Waals surface area contributed by atoms with Crippen LogP contribution in [-0.4, -0.2) is 33.7 Å². The molecule has 0 saturated heterocycles. The van der Waals surface area contributed by atoms with Gasteiger partial charge in [-0.2, -0.15) is 0 Å². The first kappa shape index (κ1) is 12.6. The van der Waals surface area contributed by atoms with Crippen molar-refractivity contribution in [2.45, 2.75) is 0 Å². The summed E-state index contributed by atoms with van der Waals surface area (Å²) in [5.41, 5.74) is -0.834. The highest BCUT2D eigenvalue weighted by molar-refractivity contribution is 5.89. The number of ether oxygens (including phenoxy) is 1. The monoisotopic (exact) mass is 241 g/mol. The average Bonchev–Trinajstić information content (AvgIpc) is 2.28. The second kappa shape index (κ2) is 5.54. The number of halogens is 1. The number of carbonyl (C=O) groups excluding carboxylic acids is 1. The average molecular weight is 241 g/mol. The maximum Gasteiger partial charge on any atom is 0.413 e. The van der Waals surface area contributed by atoms with Crippen LogP contribution in [0.5, 0.6) is 0 Å². The van der Waals surface area contributed by atoms with Crippen LogP contribution in [0, 0.1) is 5.82 Å². The number of nitrogens with zero attached hydrogens (tertiary/aromatic N) is 2. The highest BCUT2D eigenvalue weighted by Crippen LogP contribution is 2.12. The Balaban J connectivity index is 2.85. The number of aromatic carboxylic acids is 1. The molecule has 1 amide bonds. The molecule has 0 aliphatic carbocycles. The molecule has 2 N–H and O–H groups in total. The Morgan fingerprint density at radius 3 is 2.88 bits per heavy atom. The standard InChI is InChI=1S/C9H8FN3O4/c1-2-3-17-9(16)13-7-5(10)6(8(14)15)11-4-12-7/h2,4H,1,3H2,(H,14,15)(H,11,12,13,16). The van der Waals surface area contributed by atoms with Crippen molar-refractivity contribution in [1.29, 1.82) is 0 Å². The molecule has 0 fully saturated rings. The van der Waals surface area contributed by atoms with E-state index in [9.17, 15) is 14.0 Å². The fraction of sp³-hybridized carbons (Fsp3) is 0.111. The van der Waals surface area contributed by atoms with Crippen LogP contribution in [0.15, 0.2) is 19.0 Å². The van der Waals surface area contributed by atoms with Crippen LogP contribution in [0.4, 0.5) is 15.0 Å². The van der Waals surface area contributed by atoms with Gasteiger partial charge in [0.25, 0.3) is 0 Å². The quantitative estimate of drug-likeness (QED) is 0.764. The Bertz CT molecular complexity index is 464. The van der Waals surface area contributed by atoms with Crippen molar-refractivity contribution in [2.75, 3.05) is 11.9 Å². The van der Waals surface area contributed by atoms with Crippen LogP contribution >= 0.6 is 0 Å². The molecule has 0 spiro atoms. The summed E-state index contributed by atoms with van der Waals surface area (Å²) in [5.74, 6) is -3.37. The van der Waals surface area contributed by atoms with Gasteiger partial charge in [-0.05, 0) is 0 Å². The molecule has 0 aromatic carbocycles. The van der Waals surface area contributed by atoms with E-state index < -0.39 is 29.4 Å². The number of nitrogens with one attached hydrogen (secondary N) is 1. The van der Waals surface area contributed by atoms with Crippen molar-refractivity contribution >= 4 is 17.9 Å². The van der Waals surface area contributed by atoms with Gasteiger partial charge in [0.15, 0.2) is 17.3 Å². The predicted molar refractivity (Wildman–Crippen MR) is 54.1 cm³/mol. The molecule has 90 valence electrons. The summed E-state index contributed by atoms with van der Waals surface area (Å²) in [6, 6.07) is 0. The van der Waals surface area contributed by atoms with Crippen LogP contribution in [0.3, 0.4) is 0 Å². The SMILES string of the molecule is C=CCOC(=O)Nc1ncnc(C(=O)O)c1F. The fourth-order valence-corrected chi connectivity index (χ4v) is 0.873. The first-order valence-corrected chi connectivity index (χ1v) is 4.34. The van der Waals surface area contributed by atoms with Gasteiger partial charge < -0.3 is 9.84 Å². The normalized spacial score (nSPS) is 9.47. The number of rotatable bonds is 4. The largest absolute Gasteiger partial charge is 0.476 e. The molecule has 1 rings (SSSR count). The number of hydrogen-bond donors (Lipinski definition) is 2.